The van der Waals surface area contributed by atoms with Crippen LogP contribution in [-0.4, -0.2) is 34.0 Å². The first-order valence-electron chi connectivity index (χ1n) is 6.15. The van der Waals surface area contributed by atoms with Gasteiger partial charge in [-0.25, -0.2) is 4.98 Å². The van der Waals surface area contributed by atoms with E-state index in [0.717, 1.165) is 42.5 Å². The third kappa shape index (κ3) is 2.58. The summed E-state index contributed by atoms with van der Waals surface area (Å²) in [6.45, 7) is 2.96. The summed E-state index contributed by atoms with van der Waals surface area (Å²) in [7, 11) is 0. The first kappa shape index (κ1) is 11.8. The predicted molar refractivity (Wildman–Crippen MR) is 73.2 cm³/mol. The summed E-state index contributed by atoms with van der Waals surface area (Å²) in [4.78, 5) is 11.3. The summed E-state index contributed by atoms with van der Waals surface area (Å²) in [5.41, 5.74) is 7.98. The van der Waals surface area contributed by atoms with E-state index in [1.807, 2.05) is 18.2 Å². The lowest BCUT2D eigenvalue weighted by Crippen LogP contribution is -2.26. The molecule has 1 saturated heterocycles. The highest BCUT2D eigenvalue weighted by atomic mass is 32.1. The van der Waals surface area contributed by atoms with Crippen molar-refractivity contribution in [3.05, 3.63) is 35.5 Å². The first-order chi connectivity index (χ1) is 8.81. The summed E-state index contributed by atoms with van der Waals surface area (Å²) in [6, 6.07) is 6.24. The van der Waals surface area contributed by atoms with Gasteiger partial charge in [0.1, 0.15) is 5.01 Å². The molecule has 0 amide bonds. The number of pyridine rings is 1. The van der Waals surface area contributed by atoms with E-state index < -0.39 is 0 Å². The molecule has 2 N–H and O–H groups in total. The maximum atomic E-state index is 5.91. The summed E-state index contributed by atoms with van der Waals surface area (Å²) in [5.74, 6) is 0. The van der Waals surface area contributed by atoms with Crippen LogP contribution in [0.4, 0.5) is 0 Å². The molecule has 18 heavy (non-hydrogen) atoms. The highest BCUT2D eigenvalue weighted by Gasteiger charge is 2.19. The minimum atomic E-state index is 0.332. The maximum Gasteiger partial charge on any atom is 0.142 e. The molecule has 3 rings (SSSR count). The molecular weight excluding hydrogens is 244 g/mol. The Morgan fingerprint density at radius 3 is 3.11 bits per heavy atom. The van der Waals surface area contributed by atoms with Crippen LogP contribution < -0.4 is 5.73 Å². The van der Waals surface area contributed by atoms with Crippen LogP contribution in [0.2, 0.25) is 0 Å². The lowest BCUT2D eigenvalue weighted by Gasteiger charge is -2.12. The molecule has 3 heterocycles. The molecule has 1 atom stereocenters. The number of hydrogen-bond acceptors (Lipinski definition) is 5. The van der Waals surface area contributed by atoms with Crippen molar-refractivity contribution >= 4 is 11.3 Å². The Labute approximate surface area is 110 Å². The molecule has 0 saturated carbocycles. The van der Waals surface area contributed by atoms with Crippen LogP contribution in [0.15, 0.2) is 29.8 Å². The molecule has 0 radical (unpaired) electrons. The third-order valence-corrected chi connectivity index (χ3v) is 4.04. The topological polar surface area (TPSA) is 55.0 Å². The van der Waals surface area contributed by atoms with Gasteiger partial charge in [0, 0.05) is 37.3 Å². The average molecular weight is 260 g/mol. The number of nitrogens with two attached hydrogens (primary N) is 1. The number of rotatable bonds is 3. The van der Waals surface area contributed by atoms with Crippen molar-refractivity contribution in [2.75, 3.05) is 13.1 Å². The molecule has 2 aromatic heterocycles. The van der Waals surface area contributed by atoms with Crippen molar-refractivity contribution in [1.29, 1.82) is 0 Å². The maximum absolute atomic E-state index is 5.91. The van der Waals surface area contributed by atoms with Crippen LogP contribution in [0.1, 0.15) is 12.1 Å². The molecule has 0 aliphatic carbocycles. The molecule has 0 aromatic carbocycles. The summed E-state index contributed by atoms with van der Waals surface area (Å²) in [5, 5.41) is 3.11. The monoisotopic (exact) mass is 260 g/mol. The molecular formula is C13H16N4S. The van der Waals surface area contributed by atoms with Gasteiger partial charge in [0.05, 0.1) is 11.4 Å². The van der Waals surface area contributed by atoms with Gasteiger partial charge in [-0.1, -0.05) is 6.07 Å². The zero-order valence-corrected chi connectivity index (χ0v) is 10.9. The Morgan fingerprint density at radius 2 is 2.39 bits per heavy atom. The lowest BCUT2D eigenvalue weighted by atomic mass is 10.3. The van der Waals surface area contributed by atoms with Crippen molar-refractivity contribution in [1.82, 2.24) is 14.9 Å². The van der Waals surface area contributed by atoms with Gasteiger partial charge in [-0.3, -0.25) is 9.88 Å². The molecule has 1 unspecified atom stereocenters. The predicted octanol–water partition coefficient (Wildman–Crippen LogP) is 1.74. The number of likely N-dealkylation sites (tertiary alicyclic amines) is 1. The third-order valence-electron chi connectivity index (χ3n) is 3.13. The van der Waals surface area contributed by atoms with Crippen molar-refractivity contribution in [3.63, 3.8) is 0 Å². The lowest BCUT2D eigenvalue weighted by molar-refractivity contribution is 0.323. The Morgan fingerprint density at radius 1 is 1.44 bits per heavy atom. The largest absolute Gasteiger partial charge is 0.326 e. The van der Waals surface area contributed by atoms with Crippen molar-refractivity contribution in [2.45, 2.75) is 19.0 Å². The van der Waals surface area contributed by atoms with E-state index in [1.165, 1.54) is 0 Å². The molecule has 94 valence electrons. The molecule has 5 heteroatoms. The van der Waals surface area contributed by atoms with Gasteiger partial charge >= 0.3 is 0 Å². The summed E-state index contributed by atoms with van der Waals surface area (Å²) < 4.78 is 0. The van der Waals surface area contributed by atoms with E-state index in [4.69, 9.17) is 5.73 Å². The van der Waals surface area contributed by atoms with Crippen molar-refractivity contribution in [2.24, 2.45) is 5.73 Å². The molecule has 1 fully saturated rings. The van der Waals surface area contributed by atoms with Gasteiger partial charge in [-0.2, -0.15) is 0 Å². The molecule has 4 nitrogen and oxygen atoms in total. The Hall–Kier alpha value is -1.30. The zero-order valence-electron chi connectivity index (χ0n) is 10.1. The number of thiazole rings is 1. The SMILES string of the molecule is NC1CCN(Cc2csc(-c3ccccn3)n2)C1. The van der Waals surface area contributed by atoms with Crippen LogP contribution in [0.5, 0.6) is 0 Å². The molecule has 0 spiro atoms. The van der Waals surface area contributed by atoms with Crippen molar-refractivity contribution < 1.29 is 0 Å². The molecule has 0 bridgehead atoms. The van der Waals surface area contributed by atoms with Crippen LogP contribution in [0.3, 0.4) is 0 Å². The van der Waals surface area contributed by atoms with E-state index in [1.54, 1.807) is 17.5 Å². The average Bonchev–Trinajstić information content (AvgIpc) is 3.01. The fraction of sp³-hybridized carbons (Fsp3) is 0.385. The van der Waals surface area contributed by atoms with E-state index in [-0.39, 0.29) is 0 Å². The summed E-state index contributed by atoms with van der Waals surface area (Å²) in [6.07, 6.45) is 2.90. The van der Waals surface area contributed by atoms with Gasteiger partial charge in [-0.05, 0) is 18.6 Å². The second kappa shape index (κ2) is 5.14. The highest BCUT2D eigenvalue weighted by Crippen LogP contribution is 2.22. The number of hydrogen-bond donors (Lipinski definition) is 1. The number of aromatic nitrogens is 2. The van der Waals surface area contributed by atoms with Gasteiger partial charge < -0.3 is 5.73 Å². The van der Waals surface area contributed by atoms with Crippen LogP contribution in [0.25, 0.3) is 10.7 Å². The van der Waals surface area contributed by atoms with Gasteiger partial charge in [-0.15, -0.1) is 11.3 Å². The zero-order chi connectivity index (χ0) is 12.4. The minimum Gasteiger partial charge on any atom is -0.326 e. The Bertz CT molecular complexity index is 511. The van der Waals surface area contributed by atoms with E-state index in [0.29, 0.717) is 6.04 Å². The fourth-order valence-electron chi connectivity index (χ4n) is 2.22. The van der Waals surface area contributed by atoms with E-state index >= 15 is 0 Å². The number of nitrogens with zero attached hydrogens (tertiary/aromatic N) is 3. The Balaban J connectivity index is 1.70. The van der Waals surface area contributed by atoms with E-state index in [9.17, 15) is 0 Å². The van der Waals surface area contributed by atoms with Crippen LogP contribution in [0, 0.1) is 0 Å². The normalized spacial score (nSPS) is 20.4. The quantitative estimate of drug-likeness (QED) is 0.913. The Kier molecular flexibility index (Phi) is 3.36. The molecule has 1 aliphatic heterocycles. The van der Waals surface area contributed by atoms with Crippen LogP contribution in [-0.2, 0) is 6.54 Å². The van der Waals surface area contributed by atoms with E-state index in [2.05, 4.69) is 20.2 Å². The molecule has 2 aromatic rings. The van der Waals surface area contributed by atoms with Gasteiger partial charge in [0.15, 0.2) is 0 Å². The van der Waals surface area contributed by atoms with Gasteiger partial charge in [0.2, 0.25) is 0 Å². The minimum absolute atomic E-state index is 0.332. The first-order valence-corrected chi connectivity index (χ1v) is 7.03. The summed E-state index contributed by atoms with van der Waals surface area (Å²) >= 11 is 1.66. The van der Waals surface area contributed by atoms with Crippen LogP contribution >= 0.6 is 11.3 Å². The highest BCUT2D eigenvalue weighted by molar-refractivity contribution is 7.13. The fourth-order valence-corrected chi connectivity index (χ4v) is 3.01. The second-order valence-electron chi connectivity index (χ2n) is 4.64. The van der Waals surface area contributed by atoms with Crippen molar-refractivity contribution in [3.8, 4) is 10.7 Å². The molecule has 1 aliphatic rings. The second-order valence-corrected chi connectivity index (χ2v) is 5.50. The van der Waals surface area contributed by atoms with Gasteiger partial charge in [0.25, 0.3) is 0 Å². The standard InChI is InChI=1S/C13H16N4S/c14-10-4-6-17(7-10)8-11-9-18-13(16-11)12-3-1-2-5-15-12/h1-3,5,9-10H,4,6-8,14H2. The smallest absolute Gasteiger partial charge is 0.142 e.